The SMILES string of the molecule is COCC(=O)C1(O)NC(O)c2ccccc21. The van der Waals surface area contributed by atoms with E-state index in [0.717, 1.165) is 0 Å². The van der Waals surface area contributed by atoms with E-state index in [2.05, 4.69) is 5.32 Å². The van der Waals surface area contributed by atoms with E-state index in [4.69, 9.17) is 4.74 Å². The van der Waals surface area contributed by atoms with Crippen molar-refractivity contribution >= 4 is 5.78 Å². The highest BCUT2D eigenvalue weighted by Gasteiger charge is 2.46. The van der Waals surface area contributed by atoms with Crippen LogP contribution < -0.4 is 5.32 Å². The maximum atomic E-state index is 11.7. The summed E-state index contributed by atoms with van der Waals surface area (Å²) in [6.45, 7) is -0.218. The smallest absolute Gasteiger partial charge is 0.209 e. The maximum absolute atomic E-state index is 11.7. The summed E-state index contributed by atoms with van der Waals surface area (Å²) in [6.07, 6.45) is -1.04. The fourth-order valence-corrected chi connectivity index (χ4v) is 1.88. The Morgan fingerprint density at radius 1 is 1.56 bits per heavy atom. The summed E-state index contributed by atoms with van der Waals surface area (Å²) in [5.41, 5.74) is -0.967. The Balaban J connectivity index is 2.42. The third-order valence-corrected chi connectivity index (χ3v) is 2.67. The van der Waals surface area contributed by atoms with Crippen LogP contribution in [0.25, 0.3) is 0 Å². The van der Waals surface area contributed by atoms with Crippen molar-refractivity contribution in [3.63, 3.8) is 0 Å². The van der Waals surface area contributed by atoms with Gasteiger partial charge in [0.05, 0.1) is 0 Å². The summed E-state index contributed by atoms with van der Waals surface area (Å²) >= 11 is 0. The number of nitrogens with one attached hydrogen (secondary N) is 1. The molecule has 0 radical (unpaired) electrons. The first kappa shape index (κ1) is 11.2. The van der Waals surface area contributed by atoms with Gasteiger partial charge in [0.1, 0.15) is 12.8 Å². The highest BCUT2D eigenvalue weighted by Crippen LogP contribution is 2.34. The van der Waals surface area contributed by atoms with Crippen molar-refractivity contribution < 1.29 is 19.7 Å². The zero-order chi connectivity index (χ0) is 11.8. The molecule has 1 aromatic rings. The molecule has 3 N–H and O–H groups in total. The number of aliphatic hydroxyl groups excluding tert-OH is 1. The van der Waals surface area contributed by atoms with E-state index in [9.17, 15) is 15.0 Å². The summed E-state index contributed by atoms with van der Waals surface area (Å²) in [7, 11) is 1.37. The Kier molecular flexibility index (Phi) is 2.77. The minimum Gasteiger partial charge on any atom is -0.377 e. The number of methoxy groups -OCH3 is 1. The van der Waals surface area contributed by atoms with Crippen LogP contribution in [-0.4, -0.2) is 29.7 Å². The van der Waals surface area contributed by atoms with Crippen LogP contribution >= 0.6 is 0 Å². The van der Waals surface area contributed by atoms with Gasteiger partial charge in [0.15, 0.2) is 0 Å². The molecule has 1 heterocycles. The standard InChI is InChI=1S/C11H13NO4/c1-16-6-9(13)11(15)8-5-3-2-4-7(8)10(14)12-11/h2-5,10,12,14-15H,6H2,1H3. The predicted molar refractivity (Wildman–Crippen MR) is 55.3 cm³/mol. The molecule has 1 aliphatic heterocycles. The van der Waals surface area contributed by atoms with Crippen LogP contribution in [0.2, 0.25) is 0 Å². The van der Waals surface area contributed by atoms with E-state index < -0.39 is 17.7 Å². The Labute approximate surface area is 92.7 Å². The predicted octanol–water partition coefficient (Wildman–Crippen LogP) is -0.359. The van der Waals surface area contributed by atoms with Crippen molar-refractivity contribution in [2.75, 3.05) is 13.7 Å². The fraction of sp³-hybridized carbons (Fsp3) is 0.364. The monoisotopic (exact) mass is 223 g/mol. The van der Waals surface area contributed by atoms with Gasteiger partial charge in [0.2, 0.25) is 11.5 Å². The molecular formula is C11H13NO4. The quantitative estimate of drug-likeness (QED) is 0.652. The molecule has 5 heteroatoms. The minimum atomic E-state index is -1.86. The van der Waals surface area contributed by atoms with Crippen molar-refractivity contribution in [3.8, 4) is 0 Å². The fourth-order valence-electron chi connectivity index (χ4n) is 1.88. The Morgan fingerprint density at radius 3 is 2.94 bits per heavy atom. The van der Waals surface area contributed by atoms with Crippen LogP contribution in [-0.2, 0) is 15.3 Å². The number of rotatable bonds is 3. The highest BCUT2D eigenvalue weighted by atomic mass is 16.5. The average Bonchev–Trinajstić information content (AvgIpc) is 2.54. The molecule has 0 aromatic heterocycles. The lowest BCUT2D eigenvalue weighted by molar-refractivity contribution is -0.148. The molecule has 0 fully saturated rings. The first-order chi connectivity index (χ1) is 7.59. The molecule has 0 bridgehead atoms. The van der Waals surface area contributed by atoms with E-state index in [1.54, 1.807) is 24.3 Å². The lowest BCUT2D eigenvalue weighted by Crippen LogP contribution is -2.47. The number of fused-ring (bicyclic) bond motifs is 1. The van der Waals surface area contributed by atoms with Gasteiger partial charge in [-0.15, -0.1) is 0 Å². The Morgan fingerprint density at radius 2 is 2.25 bits per heavy atom. The van der Waals surface area contributed by atoms with Gasteiger partial charge in [0.25, 0.3) is 0 Å². The Hall–Kier alpha value is -1.27. The number of aliphatic hydroxyl groups is 2. The number of ketones is 1. The zero-order valence-corrected chi connectivity index (χ0v) is 8.80. The summed E-state index contributed by atoms with van der Waals surface area (Å²) in [4.78, 5) is 11.7. The Bertz CT molecular complexity index is 420. The molecule has 0 aliphatic carbocycles. The number of carbonyl (C=O) groups is 1. The average molecular weight is 223 g/mol. The number of Topliss-reactive ketones (excluding diaryl/α,β-unsaturated/α-hetero) is 1. The van der Waals surface area contributed by atoms with Gasteiger partial charge < -0.3 is 14.9 Å². The lowest BCUT2D eigenvalue weighted by Gasteiger charge is -2.22. The molecule has 2 atom stereocenters. The number of carbonyl (C=O) groups excluding carboxylic acids is 1. The molecule has 0 amide bonds. The van der Waals surface area contributed by atoms with Crippen molar-refractivity contribution in [2.45, 2.75) is 12.0 Å². The van der Waals surface area contributed by atoms with Crippen LogP contribution in [0, 0.1) is 0 Å². The largest absolute Gasteiger partial charge is 0.377 e. The molecule has 2 unspecified atom stereocenters. The lowest BCUT2D eigenvalue weighted by atomic mass is 9.98. The van der Waals surface area contributed by atoms with Crippen LogP contribution in [0.1, 0.15) is 17.4 Å². The number of benzene rings is 1. The molecule has 0 spiro atoms. The van der Waals surface area contributed by atoms with Crippen molar-refractivity contribution in [1.29, 1.82) is 0 Å². The van der Waals surface area contributed by atoms with Crippen LogP contribution in [0.15, 0.2) is 24.3 Å². The van der Waals surface area contributed by atoms with E-state index in [1.807, 2.05) is 0 Å². The molecule has 0 saturated carbocycles. The van der Waals surface area contributed by atoms with E-state index in [0.29, 0.717) is 11.1 Å². The summed E-state index contributed by atoms with van der Waals surface area (Å²) in [5.74, 6) is -0.529. The topological polar surface area (TPSA) is 78.8 Å². The molecule has 1 aromatic carbocycles. The van der Waals surface area contributed by atoms with Crippen LogP contribution in [0.4, 0.5) is 0 Å². The van der Waals surface area contributed by atoms with E-state index in [-0.39, 0.29) is 6.61 Å². The molecular weight excluding hydrogens is 210 g/mol. The van der Waals surface area contributed by atoms with Gasteiger partial charge in [-0.3, -0.25) is 4.79 Å². The summed E-state index contributed by atoms with van der Waals surface area (Å²) < 4.78 is 4.70. The number of ether oxygens (including phenoxy) is 1. The third kappa shape index (κ3) is 1.54. The summed E-state index contributed by atoms with van der Waals surface area (Å²) in [5, 5.41) is 22.3. The first-order valence-electron chi connectivity index (χ1n) is 4.89. The summed E-state index contributed by atoms with van der Waals surface area (Å²) in [6, 6.07) is 6.69. The van der Waals surface area contributed by atoms with Crippen LogP contribution in [0.3, 0.4) is 0 Å². The first-order valence-corrected chi connectivity index (χ1v) is 4.89. The second kappa shape index (κ2) is 3.95. The van der Waals surface area contributed by atoms with Crippen molar-refractivity contribution in [2.24, 2.45) is 0 Å². The molecule has 16 heavy (non-hydrogen) atoms. The van der Waals surface area contributed by atoms with E-state index in [1.165, 1.54) is 7.11 Å². The molecule has 1 aliphatic rings. The van der Waals surface area contributed by atoms with Crippen molar-refractivity contribution in [1.82, 2.24) is 5.32 Å². The van der Waals surface area contributed by atoms with Crippen molar-refractivity contribution in [3.05, 3.63) is 35.4 Å². The van der Waals surface area contributed by atoms with Gasteiger partial charge in [-0.25, -0.2) is 5.32 Å². The van der Waals surface area contributed by atoms with E-state index >= 15 is 0 Å². The second-order valence-electron chi connectivity index (χ2n) is 3.70. The minimum absolute atomic E-state index is 0.218. The van der Waals surface area contributed by atoms with Gasteiger partial charge in [-0.2, -0.15) is 0 Å². The maximum Gasteiger partial charge on any atom is 0.209 e. The second-order valence-corrected chi connectivity index (χ2v) is 3.70. The zero-order valence-electron chi connectivity index (χ0n) is 8.80. The highest BCUT2D eigenvalue weighted by molar-refractivity contribution is 5.90. The molecule has 0 saturated heterocycles. The molecule has 86 valence electrons. The van der Waals surface area contributed by atoms with Gasteiger partial charge in [-0.1, -0.05) is 24.3 Å². The van der Waals surface area contributed by atoms with Gasteiger partial charge in [0, 0.05) is 18.2 Å². The number of hydrogen-bond donors (Lipinski definition) is 3. The van der Waals surface area contributed by atoms with Gasteiger partial charge >= 0.3 is 0 Å². The third-order valence-electron chi connectivity index (χ3n) is 2.67. The van der Waals surface area contributed by atoms with Crippen LogP contribution in [0.5, 0.6) is 0 Å². The molecule has 5 nitrogen and oxygen atoms in total. The van der Waals surface area contributed by atoms with Gasteiger partial charge in [-0.05, 0) is 0 Å². The normalized spacial score (nSPS) is 27.8. The number of hydrogen-bond acceptors (Lipinski definition) is 5. The molecule has 2 rings (SSSR count).